The van der Waals surface area contributed by atoms with Gasteiger partial charge < -0.3 is 5.73 Å². The lowest BCUT2D eigenvalue weighted by Gasteiger charge is -2.07. The molecule has 0 unspecified atom stereocenters. The number of hydrogen-bond donors (Lipinski definition) is 1. The van der Waals surface area contributed by atoms with Gasteiger partial charge in [-0.2, -0.15) is 0 Å². The van der Waals surface area contributed by atoms with E-state index in [0.29, 0.717) is 0 Å². The molecule has 2 N–H and O–H groups in total. The summed E-state index contributed by atoms with van der Waals surface area (Å²) in [5.74, 6) is 0. The van der Waals surface area contributed by atoms with Crippen molar-refractivity contribution in [3.63, 3.8) is 0 Å². The molecular formula is C14H15N. The molecule has 1 nitrogen and oxygen atoms in total. The highest BCUT2D eigenvalue weighted by Crippen LogP contribution is 2.27. The van der Waals surface area contributed by atoms with Gasteiger partial charge in [0.05, 0.1) is 0 Å². The Morgan fingerprint density at radius 1 is 0.867 bits per heavy atom. The fourth-order valence-corrected chi connectivity index (χ4v) is 1.73. The van der Waals surface area contributed by atoms with Crippen LogP contribution in [0.1, 0.15) is 11.1 Å². The molecule has 0 aliphatic rings. The van der Waals surface area contributed by atoms with Gasteiger partial charge in [0.2, 0.25) is 0 Å². The Bertz CT molecular complexity index is 486. The van der Waals surface area contributed by atoms with Crippen LogP contribution in [0, 0.1) is 13.8 Å². The Hall–Kier alpha value is -1.76. The van der Waals surface area contributed by atoms with Crippen LogP contribution in [-0.2, 0) is 0 Å². The summed E-state index contributed by atoms with van der Waals surface area (Å²) in [4.78, 5) is 0. The van der Waals surface area contributed by atoms with Gasteiger partial charge in [-0.1, -0.05) is 41.5 Å². The second-order valence-corrected chi connectivity index (χ2v) is 3.96. The van der Waals surface area contributed by atoms with Crippen LogP contribution >= 0.6 is 0 Å². The lowest BCUT2D eigenvalue weighted by atomic mass is 10.0. The first-order valence-corrected chi connectivity index (χ1v) is 5.10. The van der Waals surface area contributed by atoms with Crippen LogP contribution in [0.4, 0.5) is 5.69 Å². The summed E-state index contributed by atoms with van der Waals surface area (Å²) >= 11 is 0. The van der Waals surface area contributed by atoms with Gasteiger partial charge in [-0.05, 0) is 31.5 Å². The van der Waals surface area contributed by atoms with Crippen molar-refractivity contribution in [2.24, 2.45) is 0 Å². The summed E-state index contributed by atoms with van der Waals surface area (Å²) in [6.07, 6.45) is 0. The van der Waals surface area contributed by atoms with Crippen molar-refractivity contribution >= 4 is 5.69 Å². The molecule has 0 aliphatic heterocycles. The van der Waals surface area contributed by atoms with E-state index in [4.69, 9.17) is 5.73 Å². The Labute approximate surface area is 90.6 Å². The van der Waals surface area contributed by atoms with Crippen LogP contribution < -0.4 is 5.73 Å². The van der Waals surface area contributed by atoms with E-state index in [2.05, 4.69) is 44.2 Å². The third-order valence-corrected chi connectivity index (χ3v) is 2.54. The molecule has 2 aromatic carbocycles. The van der Waals surface area contributed by atoms with Crippen LogP contribution in [0.2, 0.25) is 0 Å². The third-order valence-electron chi connectivity index (χ3n) is 2.54. The second kappa shape index (κ2) is 3.77. The number of hydrogen-bond acceptors (Lipinski definition) is 1. The number of benzene rings is 2. The summed E-state index contributed by atoms with van der Waals surface area (Å²) in [5, 5.41) is 0. The monoisotopic (exact) mass is 197 g/mol. The topological polar surface area (TPSA) is 26.0 Å². The highest BCUT2D eigenvalue weighted by atomic mass is 14.6. The lowest BCUT2D eigenvalue weighted by Crippen LogP contribution is -1.90. The van der Waals surface area contributed by atoms with Gasteiger partial charge in [0, 0.05) is 11.3 Å². The molecule has 0 saturated carbocycles. The molecule has 0 amide bonds. The standard InChI is InChI=1S/C14H15N/c1-10-4-3-5-12(8-10)13-9-11(2)6-7-14(13)15/h3-9H,15H2,1-2H3. The fraction of sp³-hybridized carbons (Fsp3) is 0.143. The molecule has 0 fully saturated rings. The van der Waals surface area contributed by atoms with Crippen LogP contribution in [0.5, 0.6) is 0 Å². The first-order valence-electron chi connectivity index (χ1n) is 5.10. The Balaban J connectivity index is 2.58. The van der Waals surface area contributed by atoms with Gasteiger partial charge in [-0.25, -0.2) is 0 Å². The van der Waals surface area contributed by atoms with E-state index in [0.717, 1.165) is 11.3 Å². The Kier molecular flexibility index (Phi) is 2.46. The van der Waals surface area contributed by atoms with Crippen LogP contribution in [0.3, 0.4) is 0 Å². The predicted molar refractivity (Wildman–Crippen MR) is 65.8 cm³/mol. The van der Waals surface area contributed by atoms with Gasteiger partial charge in [-0.3, -0.25) is 0 Å². The molecule has 0 atom stereocenters. The predicted octanol–water partition coefficient (Wildman–Crippen LogP) is 3.55. The van der Waals surface area contributed by atoms with Crippen molar-refractivity contribution < 1.29 is 0 Å². The second-order valence-electron chi connectivity index (χ2n) is 3.96. The Morgan fingerprint density at radius 3 is 2.33 bits per heavy atom. The van der Waals surface area contributed by atoms with Crippen LogP contribution in [0.25, 0.3) is 11.1 Å². The average molecular weight is 197 g/mol. The molecular weight excluding hydrogens is 182 g/mol. The number of aryl methyl sites for hydroxylation is 2. The van der Waals surface area contributed by atoms with Crippen molar-refractivity contribution in [3.8, 4) is 11.1 Å². The van der Waals surface area contributed by atoms with Crippen molar-refractivity contribution in [1.82, 2.24) is 0 Å². The number of nitrogen functional groups attached to an aromatic ring is 1. The van der Waals surface area contributed by atoms with E-state index in [9.17, 15) is 0 Å². The molecule has 2 rings (SSSR count). The van der Waals surface area contributed by atoms with E-state index >= 15 is 0 Å². The molecule has 0 radical (unpaired) electrons. The van der Waals surface area contributed by atoms with Crippen molar-refractivity contribution in [1.29, 1.82) is 0 Å². The molecule has 0 saturated heterocycles. The molecule has 0 aliphatic carbocycles. The quantitative estimate of drug-likeness (QED) is 0.695. The van der Waals surface area contributed by atoms with Crippen molar-refractivity contribution in [2.45, 2.75) is 13.8 Å². The zero-order valence-electron chi connectivity index (χ0n) is 9.12. The van der Waals surface area contributed by atoms with Crippen molar-refractivity contribution in [3.05, 3.63) is 53.6 Å². The molecule has 0 spiro atoms. The Morgan fingerprint density at radius 2 is 1.60 bits per heavy atom. The molecule has 15 heavy (non-hydrogen) atoms. The number of rotatable bonds is 1. The summed E-state index contributed by atoms with van der Waals surface area (Å²) in [6, 6.07) is 14.5. The molecule has 2 aromatic rings. The van der Waals surface area contributed by atoms with Gasteiger partial charge >= 0.3 is 0 Å². The first kappa shape index (κ1) is 9.78. The smallest absolute Gasteiger partial charge is 0.0393 e. The van der Waals surface area contributed by atoms with E-state index in [-0.39, 0.29) is 0 Å². The minimum absolute atomic E-state index is 0.839. The zero-order chi connectivity index (χ0) is 10.8. The maximum absolute atomic E-state index is 5.97. The van der Waals surface area contributed by atoms with Crippen LogP contribution in [-0.4, -0.2) is 0 Å². The highest BCUT2D eigenvalue weighted by molar-refractivity contribution is 5.77. The number of nitrogens with two attached hydrogens (primary N) is 1. The van der Waals surface area contributed by atoms with E-state index < -0.39 is 0 Å². The van der Waals surface area contributed by atoms with E-state index in [1.165, 1.54) is 16.7 Å². The maximum Gasteiger partial charge on any atom is 0.0393 e. The zero-order valence-corrected chi connectivity index (χ0v) is 9.12. The minimum Gasteiger partial charge on any atom is -0.398 e. The largest absolute Gasteiger partial charge is 0.398 e. The fourth-order valence-electron chi connectivity index (χ4n) is 1.73. The van der Waals surface area contributed by atoms with Crippen molar-refractivity contribution in [2.75, 3.05) is 5.73 Å². The summed E-state index contributed by atoms with van der Waals surface area (Å²) < 4.78 is 0. The van der Waals surface area contributed by atoms with Gasteiger partial charge in [0.15, 0.2) is 0 Å². The summed E-state index contributed by atoms with van der Waals surface area (Å²) in [5.41, 5.74) is 11.6. The summed E-state index contributed by atoms with van der Waals surface area (Å²) in [6.45, 7) is 4.17. The minimum atomic E-state index is 0.839. The normalized spacial score (nSPS) is 10.3. The van der Waals surface area contributed by atoms with E-state index in [1.54, 1.807) is 0 Å². The number of anilines is 1. The summed E-state index contributed by atoms with van der Waals surface area (Å²) in [7, 11) is 0. The average Bonchev–Trinajstić information content (AvgIpc) is 2.22. The van der Waals surface area contributed by atoms with Gasteiger partial charge in [0.25, 0.3) is 0 Å². The molecule has 0 heterocycles. The first-order chi connectivity index (χ1) is 7.16. The molecule has 0 aromatic heterocycles. The molecule has 76 valence electrons. The van der Waals surface area contributed by atoms with Gasteiger partial charge in [-0.15, -0.1) is 0 Å². The SMILES string of the molecule is Cc1cccc(-c2cc(C)ccc2N)c1. The molecule has 0 bridgehead atoms. The van der Waals surface area contributed by atoms with E-state index in [1.807, 2.05) is 12.1 Å². The van der Waals surface area contributed by atoms with Crippen LogP contribution in [0.15, 0.2) is 42.5 Å². The molecule has 1 heteroatoms. The maximum atomic E-state index is 5.97. The lowest BCUT2D eigenvalue weighted by molar-refractivity contribution is 1.44. The third kappa shape index (κ3) is 2.01. The highest BCUT2D eigenvalue weighted by Gasteiger charge is 2.02. The van der Waals surface area contributed by atoms with Gasteiger partial charge in [0.1, 0.15) is 0 Å².